The highest BCUT2D eigenvalue weighted by atomic mass is 35.5. The lowest BCUT2D eigenvalue weighted by atomic mass is 10.1. The molecule has 1 heterocycles. The fourth-order valence-corrected chi connectivity index (χ4v) is 3.92. The Balaban J connectivity index is 1.58. The van der Waals surface area contributed by atoms with Gasteiger partial charge in [0.2, 0.25) is 0 Å². The van der Waals surface area contributed by atoms with Crippen molar-refractivity contribution in [2.45, 2.75) is 6.18 Å². The zero-order chi connectivity index (χ0) is 21.0. The Morgan fingerprint density at radius 2 is 1.79 bits per heavy atom. The summed E-state index contributed by atoms with van der Waals surface area (Å²) in [5, 5.41) is 6.96. The number of nitrogens with zero attached hydrogens (tertiary/aromatic N) is 1. The largest absolute Gasteiger partial charge is 0.417 e. The molecule has 0 radical (unpaired) electrons. The third-order valence-electron chi connectivity index (χ3n) is 3.81. The highest BCUT2D eigenvalue weighted by Crippen LogP contribution is 2.35. The molecule has 0 atom stereocenters. The Morgan fingerprint density at radius 3 is 2.52 bits per heavy atom. The maximum atomic E-state index is 12.9. The summed E-state index contributed by atoms with van der Waals surface area (Å²) in [5.74, 6) is -1.23. The number of hydrogen-bond acceptors (Lipinski definition) is 4. The molecule has 0 aliphatic heterocycles. The first-order valence-electron chi connectivity index (χ1n) is 8.20. The second-order valence-electron chi connectivity index (χ2n) is 5.80. The van der Waals surface area contributed by atoms with Crippen LogP contribution in [0.4, 0.5) is 13.2 Å². The van der Waals surface area contributed by atoms with Crippen molar-refractivity contribution in [2.24, 2.45) is 5.10 Å². The second kappa shape index (κ2) is 8.62. The SMILES string of the molecule is O=C(CNC(=O)c1sc2ccccc2c1Cl)NN=Cc1ccccc1C(F)(F)F. The van der Waals surface area contributed by atoms with Crippen LogP contribution in [0.3, 0.4) is 0 Å². The zero-order valence-corrected chi connectivity index (χ0v) is 16.2. The molecule has 29 heavy (non-hydrogen) atoms. The summed E-state index contributed by atoms with van der Waals surface area (Å²) in [7, 11) is 0. The van der Waals surface area contributed by atoms with Crippen molar-refractivity contribution in [3.8, 4) is 0 Å². The lowest BCUT2D eigenvalue weighted by molar-refractivity contribution is -0.137. The van der Waals surface area contributed by atoms with Crippen LogP contribution in [-0.2, 0) is 11.0 Å². The van der Waals surface area contributed by atoms with Gasteiger partial charge in [0.1, 0.15) is 4.88 Å². The summed E-state index contributed by atoms with van der Waals surface area (Å²) in [6, 6.07) is 12.0. The van der Waals surface area contributed by atoms with E-state index in [1.54, 1.807) is 12.1 Å². The van der Waals surface area contributed by atoms with Crippen molar-refractivity contribution >= 4 is 51.1 Å². The monoisotopic (exact) mass is 439 g/mol. The van der Waals surface area contributed by atoms with Crippen LogP contribution in [0.5, 0.6) is 0 Å². The van der Waals surface area contributed by atoms with Crippen LogP contribution in [0.25, 0.3) is 10.1 Å². The second-order valence-corrected chi connectivity index (χ2v) is 7.23. The maximum Gasteiger partial charge on any atom is 0.417 e. The first-order valence-corrected chi connectivity index (χ1v) is 9.40. The lowest BCUT2D eigenvalue weighted by Gasteiger charge is -2.09. The summed E-state index contributed by atoms with van der Waals surface area (Å²) >= 11 is 7.39. The summed E-state index contributed by atoms with van der Waals surface area (Å²) in [4.78, 5) is 24.3. The minimum Gasteiger partial charge on any atom is -0.342 e. The molecule has 0 unspecified atom stereocenters. The van der Waals surface area contributed by atoms with Gasteiger partial charge in [0.05, 0.1) is 23.3 Å². The summed E-state index contributed by atoms with van der Waals surface area (Å²) in [6.45, 7) is -0.415. The molecule has 2 N–H and O–H groups in total. The van der Waals surface area contributed by atoms with E-state index in [0.29, 0.717) is 5.02 Å². The van der Waals surface area contributed by atoms with E-state index in [0.717, 1.165) is 22.4 Å². The smallest absolute Gasteiger partial charge is 0.342 e. The van der Waals surface area contributed by atoms with E-state index >= 15 is 0 Å². The molecule has 1 aromatic heterocycles. The summed E-state index contributed by atoms with van der Waals surface area (Å²) in [6.07, 6.45) is -3.64. The fourth-order valence-electron chi connectivity index (χ4n) is 2.48. The van der Waals surface area contributed by atoms with Crippen LogP contribution in [-0.4, -0.2) is 24.6 Å². The molecule has 2 aromatic carbocycles. The predicted molar refractivity (Wildman–Crippen MR) is 106 cm³/mol. The van der Waals surface area contributed by atoms with Crippen LogP contribution in [0.15, 0.2) is 53.6 Å². The van der Waals surface area contributed by atoms with Crippen molar-refractivity contribution in [3.63, 3.8) is 0 Å². The average molecular weight is 440 g/mol. The number of thiophene rings is 1. The van der Waals surface area contributed by atoms with Gasteiger partial charge in [-0.25, -0.2) is 5.43 Å². The first-order chi connectivity index (χ1) is 13.8. The maximum absolute atomic E-state index is 12.9. The Hall–Kier alpha value is -2.91. The number of fused-ring (bicyclic) bond motifs is 1. The van der Waals surface area contributed by atoms with Gasteiger partial charge < -0.3 is 5.32 Å². The molecule has 0 spiro atoms. The Kier molecular flexibility index (Phi) is 6.19. The molecule has 0 fully saturated rings. The van der Waals surface area contributed by atoms with Gasteiger partial charge in [0.15, 0.2) is 0 Å². The average Bonchev–Trinajstić information content (AvgIpc) is 3.03. The predicted octanol–water partition coefficient (Wildman–Crippen LogP) is 4.45. The number of carbonyl (C=O) groups excluding carboxylic acids is 2. The molecule has 0 aliphatic carbocycles. The number of rotatable bonds is 5. The van der Waals surface area contributed by atoms with Crippen LogP contribution in [0.2, 0.25) is 5.02 Å². The number of carbonyl (C=O) groups is 2. The Bertz CT molecular complexity index is 1100. The number of benzene rings is 2. The van der Waals surface area contributed by atoms with Crippen LogP contribution in [0, 0.1) is 0 Å². The molecule has 0 saturated carbocycles. The molecule has 0 aliphatic rings. The van der Waals surface area contributed by atoms with Crippen LogP contribution < -0.4 is 10.7 Å². The van der Waals surface area contributed by atoms with E-state index in [-0.39, 0.29) is 10.4 Å². The molecule has 2 amide bonds. The highest BCUT2D eigenvalue weighted by Gasteiger charge is 2.32. The quantitative estimate of drug-likeness (QED) is 0.455. The van der Waals surface area contributed by atoms with Gasteiger partial charge >= 0.3 is 6.18 Å². The van der Waals surface area contributed by atoms with Crippen molar-refractivity contribution in [2.75, 3.05) is 6.54 Å². The molecule has 3 rings (SSSR count). The van der Waals surface area contributed by atoms with Crippen molar-refractivity contribution < 1.29 is 22.8 Å². The topological polar surface area (TPSA) is 70.6 Å². The number of hydrazone groups is 1. The van der Waals surface area contributed by atoms with Gasteiger partial charge in [-0.2, -0.15) is 18.3 Å². The van der Waals surface area contributed by atoms with Crippen molar-refractivity contribution in [3.05, 3.63) is 69.6 Å². The number of amides is 2. The van der Waals surface area contributed by atoms with Gasteiger partial charge in [-0.05, 0) is 12.1 Å². The summed E-state index contributed by atoms with van der Waals surface area (Å²) in [5.41, 5.74) is 1.01. The van der Waals surface area contributed by atoms with E-state index < -0.39 is 30.1 Å². The van der Waals surface area contributed by atoms with E-state index in [4.69, 9.17) is 11.6 Å². The van der Waals surface area contributed by atoms with Gasteiger partial charge in [-0.15, -0.1) is 11.3 Å². The molecule has 150 valence electrons. The van der Waals surface area contributed by atoms with E-state index in [2.05, 4.69) is 15.8 Å². The van der Waals surface area contributed by atoms with Crippen LogP contribution >= 0.6 is 22.9 Å². The molecule has 10 heteroatoms. The molecule has 3 aromatic rings. The standard InChI is InChI=1S/C19H13ClF3N3O2S/c20-16-12-6-2-4-8-14(12)29-17(16)18(28)24-10-15(27)26-25-9-11-5-1-3-7-13(11)19(21,22)23/h1-9H,10H2,(H,24,28)(H,26,27). The van der Waals surface area contributed by atoms with Gasteiger partial charge in [-0.3, -0.25) is 9.59 Å². The molecular weight excluding hydrogens is 427 g/mol. The number of halogens is 4. The Labute approximate surface area is 172 Å². The van der Waals surface area contributed by atoms with Crippen LogP contribution in [0.1, 0.15) is 20.8 Å². The van der Waals surface area contributed by atoms with E-state index in [1.165, 1.54) is 29.5 Å². The number of alkyl halides is 3. The van der Waals surface area contributed by atoms with Crippen molar-refractivity contribution in [1.82, 2.24) is 10.7 Å². The minimum atomic E-state index is -4.54. The normalized spacial score (nSPS) is 11.7. The molecule has 0 bridgehead atoms. The number of nitrogens with one attached hydrogen (secondary N) is 2. The Morgan fingerprint density at radius 1 is 1.10 bits per heavy atom. The van der Waals surface area contributed by atoms with E-state index in [9.17, 15) is 22.8 Å². The zero-order valence-electron chi connectivity index (χ0n) is 14.6. The van der Waals surface area contributed by atoms with Gasteiger partial charge in [0.25, 0.3) is 11.8 Å². The van der Waals surface area contributed by atoms with Gasteiger partial charge in [0, 0.05) is 15.6 Å². The molecule has 5 nitrogen and oxygen atoms in total. The lowest BCUT2D eigenvalue weighted by Crippen LogP contribution is -2.34. The third-order valence-corrected chi connectivity index (χ3v) is 5.48. The first kappa shape index (κ1) is 20.8. The highest BCUT2D eigenvalue weighted by molar-refractivity contribution is 7.21. The van der Waals surface area contributed by atoms with Gasteiger partial charge in [-0.1, -0.05) is 48.0 Å². The number of hydrogen-bond donors (Lipinski definition) is 2. The molecular formula is C19H13ClF3N3O2S. The fraction of sp³-hybridized carbons (Fsp3) is 0.105. The third kappa shape index (κ3) is 4.93. The molecule has 0 saturated heterocycles. The summed E-state index contributed by atoms with van der Waals surface area (Å²) < 4.78 is 39.6. The van der Waals surface area contributed by atoms with Crippen molar-refractivity contribution in [1.29, 1.82) is 0 Å². The minimum absolute atomic E-state index is 0.193. The van der Waals surface area contributed by atoms with E-state index in [1.807, 2.05) is 12.1 Å².